The summed E-state index contributed by atoms with van der Waals surface area (Å²) in [6.45, 7) is 17.2. The van der Waals surface area contributed by atoms with E-state index in [9.17, 15) is 0 Å². The fourth-order valence-electron chi connectivity index (χ4n) is 2.61. The van der Waals surface area contributed by atoms with E-state index >= 15 is 0 Å². The molecule has 0 bridgehead atoms. The third-order valence-corrected chi connectivity index (χ3v) is 4.38. The smallest absolute Gasteiger partial charge is 0.0733 e. The van der Waals surface area contributed by atoms with Gasteiger partial charge < -0.3 is 0 Å². The first kappa shape index (κ1) is 18.4. The van der Waals surface area contributed by atoms with Crippen LogP contribution in [0.15, 0.2) is 24.3 Å². The van der Waals surface area contributed by atoms with Crippen molar-refractivity contribution < 1.29 is 4.84 Å². The second-order valence-corrected chi connectivity index (χ2v) is 9.20. The van der Waals surface area contributed by atoms with Gasteiger partial charge in [0, 0.05) is 25.7 Å². The molecule has 0 aromatic heterocycles. The molecule has 1 aromatic carbocycles. The minimum atomic E-state index is 0.225. The Morgan fingerprint density at radius 3 is 2.09 bits per heavy atom. The van der Waals surface area contributed by atoms with Gasteiger partial charge in [-0.2, -0.15) is 5.06 Å². The monoisotopic (exact) mass is 318 g/mol. The zero-order valence-corrected chi connectivity index (χ0v) is 16.0. The fourth-order valence-corrected chi connectivity index (χ4v) is 2.61. The number of hydrogen-bond acceptors (Lipinski definition) is 3. The summed E-state index contributed by atoms with van der Waals surface area (Å²) >= 11 is 0. The Kier molecular flexibility index (Phi) is 5.55. The molecule has 1 aliphatic heterocycles. The van der Waals surface area contributed by atoms with Gasteiger partial charge in [-0.05, 0) is 29.0 Å². The van der Waals surface area contributed by atoms with E-state index in [1.165, 1.54) is 11.1 Å². The molecule has 130 valence electrons. The fraction of sp³-hybridized carbons (Fsp3) is 0.700. The maximum absolute atomic E-state index is 5.83. The zero-order chi connectivity index (χ0) is 17.3. The summed E-state index contributed by atoms with van der Waals surface area (Å²) < 4.78 is 0. The number of hydrogen-bond donors (Lipinski definition) is 0. The maximum Gasteiger partial charge on any atom is 0.0733 e. The van der Waals surface area contributed by atoms with Crippen LogP contribution in [-0.2, 0) is 16.8 Å². The van der Waals surface area contributed by atoms with E-state index in [2.05, 4.69) is 82.8 Å². The van der Waals surface area contributed by atoms with Gasteiger partial charge in [0.2, 0.25) is 0 Å². The third kappa shape index (κ3) is 5.59. The van der Waals surface area contributed by atoms with Crippen LogP contribution in [0.5, 0.6) is 0 Å². The van der Waals surface area contributed by atoms with Gasteiger partial charge in [0.25, 0.3) is 0 Å². The molecule has 0 spiro atoms. The summed E-state index contributed by atoms with van der Waals surface area (Å²) in [7, 11) is 2.21. The largest absolute Gasteiger partial charge is 0.298 e. The topological polar surface area (TPSA) is 15.7 Å². The number of hydroxylamine groups is 2. The first-order valence-electron chi connectivity index (χ1n) is 8.72. The molecule has 3 nitrogen and oxygen atoms in total. The molecule has 0 N–H and O–H groups in total. The Morgan fingerprint density at radius 2 is 1.61 bits per heavy atom. The Labute approximate surface area is 142 Å². The molecule has 1 heterocycles. The van der Waals surface area contributed by atoms with Gasteiger partial charge in [0.05, 0.1) is 6.61 Å². The average molecular weight is 319 g/mol. The van der Waals surface area contributed by atoms with Crippen molar-refractivity contribution in [1.82, 2.24) is 9.96 Å². The highest BCUT2D eigenvalue weighted by Gasteiger charge is 2.31. The lowest BCUT2D eigenvalue weighted by Gasteiger charge is -2.43. The van der Waals surface area contributed by atoms with Gasteiger partial charge in [0.15, 0.2) is 0 Å². The molecule has 23 heavy (non-hydrogen) atoms. The molecule has 0 aliphatic carbocycles. The van der Waals surface area contributed by atoms with E-state index in [-0.39, 0.29) is 10.8 Å². The number of nitrogens with zero attached hydrogens (tertiary/aromatic N) is 2. The summed E-state index contributed by atoms with van der Waals surface area (Å²) in [5.41, 5.74) is 3.23. The highest BCUT2D eigenvalue weighted by atomic mass is 16.7. The van der Waals surface area contributed by atoms with Gasteiger partial charge in [-0.15, -0.1) is 0 Å². The van der Waals surface area contributed by atoms with E-state index < -0.39 is 0 Å². The number of benzene rings is 1. The molecule has 0 radical (unpaired) electrons. The highest BCUT2D eigenvalue weighted by molar-refractivity contribution is 5.27. The van der Waals surface area contributed by atoms with Crippen LogP contribution >= 0.6 is 0 Å². The van der Waals surface area contributed by atoms with Crippen molar-refractivity contribution in [1.29, 1.82) is 0 Å². The summed E-state index contributed by atoms with van der Waals surface area (Å²) in [6.07, 6.45) is 0. The van der Waals surface area contributed by atoms with Crippen molar-refractivity contribution in [3.63, 3.8) is 0 Å². The van der Waals surface area contributed by atoms with Gasteiger partial charge in [0.1, 0.15) is 0 Å². The molecule has 0 atom stereocenters. The summed E-state index contributed by atoms with van der Waals surface area (Å²) in [5, 5.41) is 2.09. The van der Waals surface area contributed by atoms with Crippen molar-refractivity contribution in [2.75, 3.05) is 26.7 Å². The third-order valence-electron chi connectivity index (χ3n) is 4.38. The highest BCUT2D eigenvalue weighted by Crippen LogP contribution is 2.23. The Morgan fingerprint density at radius 1 is 1.04 bits per heavy atom. The van der Waals surface area contributed by atoms with Crippen molar-refractivity contribution in [2.45, 2.75) is 59.5 Å². The second kappa shape index (κ2) is 6.92. The number of rotatable bonds is 5. The van der Waals surface area contributed by atoms with Crippen LogP contribution in [-0.4, -0.2) is 42.7 Å². The molecule has 0 saturated carbocycles. The molecule has 2 rings (SSSR count). The normalized spacial score (nSPS) is 17.6. The van der Waals surface area contributed by atoms with E-state index in [0.717, 1.165) is 26.2 Å². The second-order valence-electron chi connectivity index (χ2n) is 9.20. The molecular weight excluding hydrogens is 284 g/mol. The lowest BCUT2D eigenvalue weighted by molar-refractivity contribution is -0.235. The zero-order valence-electron chi connectivity index (χ0n) is 16.0. The van der Waals surface area contributed by atoms with Crippen molar-refractivity contribution in [2.24, 2.45) is 5.41 Å². The van der Waals surface area contributed by atoms with Crippen LogP contribution < -0.4 is 0 Å². The van der Waals surface area contributed by atoms with Gasteiger partial charge in [-0.25, -0.2) is 0 Å². The first-order chi connectivity index (χ1) is 10.5. The SMILES string of the molecule is CN(Cc1ccc(C(C)(C)C)cc1)C1CN(OCC(C)(C)C)C1. The Hall–Kier alpha value is -0.900. The van der Waals surface area contributed by atoms with E-state index in [1.807, 2.05) is 0 Å². The summed E-state index contributed by atoms with van der Waals surface area (Å²) in [4.78, 5) is 8.27. The van der Waals surface area contributed by atoms with Crippen LogP contribution in [0.25, 0.3) is 0 Å². The van der Waals surface area contributed by atoms with Gasteiger partial charge in [-0.1, -0.05) is 65.8 Å². The first-order valence-corrected chi connectivity index (χ1v) is 8.72. The van der Waals surface area contributed by atoms with Crippen LogP contribution in [0.3, 0.4) is 0 Å². The Bertz CT molecular complexity index is 490. The van der Waals surface area contributed by atoms with Crippen LogP contribution in [0.1, 0.15) is 52.7 Å². The lowest BCUT2D eigenvalue weighted by atomic mass is 9.87. The molecular formula is C20H34N2O. The standard InChI is InChI=1S/C20H34N2O/c1-19(2,3)15-23-22-13-18(14-22)21(7)12-16-8-10-17(11-9-16)20(4,5)6/h8-11,18H,12-15H2,1-7H3. The van der Waals surface area contributed by atoms with E-state index in [0.29, 0.717) is 6.04 Å². The van der Waals surface area contributed by atoms with E-state index in [1.54, 1.807) is 0 Å². The molecule has 1 saturated heterocycles. The summed E-state index contributed by atoms with van der Waals surface area (Å²) in [6, 6.07) is 9.66. The minimum Gasteiger partial charge on any atom is -0.298 e. The van der Waals surface area contributed by atoms with Crippen LogP contribution in [0.4, 0.5) is 0 Å². The quantitative estimate of drug-likeness (QED) is 0.813. The molecule has 0 amide bonds. The average Bonchev–Trinajstić information content (AvgIpc) is 2.34. The molecule has 1 aliphatic rings. The minimum absolute atomic E-state index is 0.225. The lowest BCUT2D eigenvalue weighted by Crippen LogP contribution is -2.58. The van der Waals surface area contributed by atoms with Crippen molar-refractivity contribution in [3.8, 4) is 0 Å². The molecule has 1 fully saturated rings. The van der Waals surface area contributed by atoms with Crippen LogP contribution in [0.2, 0.25) is 0 Å². The number of likely N-dealkylation sites (N-methyl/N-ethyl adjacent to an activating group) is 1. The molecule has 0 unspecified atom stereocenters. The summed E-state index contributed by atoms with van der Waals surface area (Å²) in [5.74, 6) is 0. The predicted octanol–water partition coefficient (Wildman–Crippen LogP) is 4.08. The van der Waals surface area contributed by atoms with Gasteiger partial charge in [-0.3, -0.25) is 9.74 Å². The molecule has 3 heteroatoms. The van der Waals surface area contributed by atoms with Gasteiger partial charge >= 0.3 is 0 Å². The van der Waals surface area contributed by atoms with Crippen LogP contribution in [0, 0.1) is 5.41 Å². The van der Waals surface area contributed by atoms with Crippen molar-refractivity contribution in [3.05, 3.63) is 35.4 Å². The van der Waals surface area contributed by atoms with Crippen molar-refractivity contribution >= 4 is 0 Å². The Balaban J connectivity index is 1.77. The predicted molar refractivity (Wildman–Crippen MR) is 97.4 cm³/mol. The maximum atomic E-state index is 5.83. The molecule has 1 aromatic rings. The van der Waals surface area contributed by atoms with E-state index in [4.69, 9.17) is 4.84 Å².